The van der Waals surface area contributed by atoms with Gasteiger partial charge in [0.1, 0.15) is 12.4 Å². The predicted octanol–water partition coefficient (Wildman–Crippen LogP) is 2.97. The van der Waals surface area contributed by atoms with Gasteiger partial charge in [0.25, 0.3) is 0 Å². The highest BCUT2D eigenvalue weighted by Gasteiger charge is 2.18. The third-order valence-electron chi connectivity index (χ3n) is 4.19. The van der Waals surface area contributed by atoms with Crippen LogP contribution in [0.4, 0.5) is 0 Å². The average molecular weight is 261 g/mol. The Bertz CT molecular complexity index is 427. The van der Waals surface area contributed by atoms with Gasteiger partial charge in [0.05, 0.1) is 6.10 Å². The number of fused-ring (bicyclic) bond motifs is 1. The van der Waals surface area contributed by atoms with Crippen molar-refractivity contribution in [3.8, 4) is 5.75 Å². The van der Waals surface area contributed by atoms with Gasteiger partial charge in [-0.3, -0.25) is 0 Å². The second-order valence-electron chi connectivity index (χ2n) is 5.66. The molecule has 19 heavy (non-hydrogen) atoms. The smallest absolute Gasteiger partial charge is 0.119 e. The van der Waals surface area contributed by atoms with E-state index in [4.69, 9.17) is 15.2 Å². The molecule has 104 valence electrons. The fourth-order valence-corrected chi connectivity index (χ4v) is 3.05. The van der Waals surface area contributed by atoms with Crippen molar-refractivity contribution in [3.05, 3.63) is 29.3 Å². The third-order valence-corrected chi connectivity index (χ3v) is 4.19. The van der Waals surface area contributed by atoms with Crippen LogP contribution in [0, 0.1) is 0 Å². The first-order valence-corrected chi connectivity index (χ1v) is 7.46. The zero-order valence-electron chi connectivity index (χ0n) is 11.4. The van der Waals surface area contributed by atoms with Crippen LogP contribution in [0.2, 0.25) is 0 Å². The monoisotopic (exact) mass is 261 g/mol. The molecule has 1 saturated heterocycles. The van der Waals surface area contributed by atoms with E-state index in [0.717, 1.165) is 31.6 Å². The van der Waals surface area contributed by atoms with Crippen molar-refractivity contribution in [3.63, 3.8) is 0 Å². The van der Waals surface area contributed by atoms with E-state index in [1.807, 2.05) is 6.07 Å². The Hall–Kier alpha value is -1.06. The molecule has 2 atom stereocenters. The lowest BCUT2D eigenvalue weighted by Gasteiger charge is -2.24. The Morgan fingerprint density at radius 3 is 3.00 bits per heavy atom. The Labute approximate surface area is 115 Å². The van der Waals surface area contributed by atoms with Gasteiger partial charge in [-0.25, -0.2) is 0 Å². The molecule has 1 aromatic carbocycles. The number of aryl methyl sites for hydroxylation is 1. The highest BCUT2D eigenvalue weighted by Crippen LogP contribution is 2.30. The van der Waals surface area contributed by atoms with E-state index in [1.165, 1.54) is 30.4 Å². The van der Waals surface area contributed by atoms with Gasteiger partial charge in [-0.2, -0.15) is 0 Å². The highest BCUT2D eigenvalue weighted by molar-refractivity contribution is 5.38. The summed E-state index contributed by atoms with van der Waals surface area (Å²) in [5, 5.41) is 0. The molecule has 1 aliphatic carbocycles. The maximum Gasteiger partial charge on any atom is 0.119 e. The van der Waals surface area contributed by atoms with Gasteiger partial charge in [0, 0.05) is 12.6 Å². The summed E-state index contributed by atoms with van der Waals surface area (Å²) >= 11 is 0. The van der Waals surface area contributed by atoms with Crippen LogP contribution in [-0.2, 0) is 11.2 Å². The zero-order valence-corrected chi connectivity index (χ0v) is 11.4. The minimum atomic E-state index is 0.208. The van der Waals surface area contributed by atoms with Crippen molar-refractivity contribution in [2.75, 3.05) is 13.2 Å². The summed E-state index contributed by atoms with van der Waals surface area (Å²) in [6.45, 7) is 1.55. The maximum atomic E-state index is 6.13. The number of hydrogen-bond acceptors (Lipinski definition) is 3. The molecule has 0 saturated carbocycles. The lowest BCUT2D eigenvalue weighted by Crippen LogP contribution is -2.26. The lowest BCUT2D eigenvalue weighted by atomic mass is 9.88. The first kappa shape index (κ1) is 12.9. The second-order valence-corrected chi connectivity index (χ2v) is 5.66. The zero-order chi connectivity index (χ0) is 13.1. The summed E-state index contributed by atoms with van der Waals surface area (Å²) in [5.74, 6) is 0.960. The standard InChI is InChI=1S/C16H23NO2/c17-16-6-3-4-12-10-13(7-8-15(12)16)19-11-14-5-1-2-9-18-14/h7-8,10,14,16H,1-6,9,11,17H2. The fourth-order valence-electron chi connectivity index (χ4n) is 3.05. The number of ether oxygens (including phenoxy) is 2. The molecule has 0 bridgehead atoms. The van der Waals surface area contributed by atoms with Crippen LogP contribution in [0.15, 0.2) is 18.2 Å². The Morgan fingerprint density at radius 1 is 1.21 bits per heavy atom. The summed E-state index contributed by atoms with van der Waals surface area (Å²) in [6.07, 6.45) is 7.25. The summed E-state index contributed by atoms with van der Waals surface area (Å²) in [7, 11) is 0. The molecular formula is C16H23NO2. The normalized spacial score (nSPS) is 26.8. The summed E-state index contributed by atoms with van der Waals surface area (Å²) in [6, 6.07) is 6.56. The SMILES string of the molecule is NC1CCCc2cc(OCC3CCCCO3)ccc21. The average Bonchev–Trinajstić information content (AvgIpc) is 2.46. The van der Waals surface area contributed by atoms with Crippen LogP contribution in [0.25, 0.3) is 0 Å². The first-order valence-electron chi connectivity index (χ1n) is 7.46. The number of benzene rings is 1. The molecule has 0 amide bonds. The van der Waals surface area contributed by atoms with Crippen LogP contribution in [-0.4, -0.2) is 19.3 Å². The second kappa shape index (κ2) is 5.93. The molecule has 0 spiro atoms. The summed E-state index contributed by atoms with van der Waals surface area (Å²) in [5.41, 5.74) is 8.79. The Kier molecular flexibility index (Phi) is 4.04. The van der Waals surface area contributed by atoms with Crippen LogP contribution in [0.1, 0.15) is 49.3 Å². The molecule has 3 rings (SSSR count). The molecule has 1 aliphatic heterocycles. The maximum absolute atomic E-state index is 6.13. The van der Waals surface area contributed by atoms with Crippen LogP contribution < -0.4 is 10.5 Å². The predicted molar refractivity (Wildman–Crippen MR) is 75.4 cm³/mol. The fraction of sp³-hybridized carbons (Fsp3) is 0.625. The molecule has 3 nitrogen and oxygen atoms in total. The summed E-state index contributed by atoms with van der Waals surface area (Å²) in [4.78, 5) is 0. The molecule has 0 radical (unpaired) electrons. The van der Waals surface area contributed by atoms with Gasteiger partial charge < -0.3 is 15.2 Å². The van der Waals surface area contributed by atoms with Crippen LogP contribution in [0.3, 0.4) is 0 Å². The molecule has 2 aliphatic rings. The van der Waals surface area contributed by atoms with Crippen molar-refractivity contribution >= 4 is 0 Å². The van der Waals surface area contributed by atoms with E-state index in [-0.39, 0.29) is 12.1 Å². The van der Waals surface area contributed by atoms with E-state index < -0.39 is 0 Å². The molecule has 1 aromatic rings. The minimum Gasteiger partial charge on any atom is -0.491 e. The van der Waals surface area contributed by atoms with E-state index >= 15 is 0 Å². The molecule has 2 unspecified atom stereocenters. The third kappa shape index (κ3) is 3.10. The van der Waals surface area contributed by atoms with Crippen molar-refractivity contribution in [1.29, 1.82) is 0 Å². The topological polar surface area (TPSA) is 44.5 Å². The van der Waals surface area contributed by atoms with Gasteiger partial charge in [-0.15, -0.1) is 0 Å². The van der Waals surface area contributed by atoms with Crippen molar-refractivity contribution in [2.24, 2.45) is 5.73 Å². The minimum absolute atomic E-state index is 0.208. The molecule has 0 aromatic heterocycles. The molecule has 3 heteroatoms. The number of hydrogen-bond donors (Lipinski definition) is 1. The van der Waals surface area contributed by atoms with Gasteiger partial charge in [0.15, 0.2) is 0 Å². The molecule has 1 fully saturated rings. The highest BCUT2D eigenvalue weighted by atomic mass is 16.5. The van der Waals surface area contributed by atoms with Gasteiger partial charge in [-0.05, 0) is 61.8 Å². The van der Waals surface area contributed by atoms with E-state index in [1.54, 1.807) is 0 Å². The van der Waals surface area contributed by atoms with Gasteiger partial charge in [-0.1, -0.05) is 6.07 Å². The summed E-state index contributed by atoms with van der Waals surface area (Å²) < 4.78 is 11.6. The quantitative estimate of drug-likeness (QED) is 0.909. The molecule has 2 N–H and O–H groups in total. The van der Waals surface area contributed by atoms with Crippen LogP contribution >= 0.6 is 0 Å². The van der Waals surface area contributed by atoms with Crippen molar-refractivity contribution in [2.45, 2.75) is 50.7 Å². The van der Waals surface area contributed by atoms with Crippen molar-refractivity contribution in [1.82, 2.24) is 0 Å². The van der Waals surface area contributed by atoms with E-state index in [2.05, 4.69) is 12.1 Å². The van der Waals surface area contributed by atoms with E-state index in [9.17, 15) is 0 Å². The largest absolute Gasteiger partial charge is 0.491 e. The number of rotatable bonds is 3. The lowest BCUT2D eigenvalue weighted by molar-refractivity contribution is -0.0110. The Balaban J connectivity index is 1.62. The first-order chi connectivity index (χ1) is 9.33. The molecule has 1 heterocycles. The Morgan fingerprint density at radius 2 is 2.16 bits per heavy atom. The van der Waals surface area contributed by atoms with Gasteiger partial charge in [0.2, 0.25) is 0 Å². The molecular weight excluding hydrogens is 238 g/mol. The number of nitrogens with two attached hydrogens (primary N) is 1. The van der Waals surface area contributed by atoms with E-state index in [0.29, 0.717) is 6.61 Å². The van der Waals surface area contributed by atoms with Crippen LogP contribution in [0.5, 0.6) is 5.75 Å². The van der Waals surface area contributed by atoms with Gasteiger partial charge >= 0.3 is 0 Å². The van der Waals surface area contributed by atoms with Crippen molar-refractivity contribution < 1.29 is 9.47 Å².